The fraction of sp³-hybridized carbons (Fsp3) is 0.273. The van der Waals surface area contributed by atoms with Crippen LogP contribution in [0.4, 0.5) is 0 Å². The number of aromatic carboxylic acids is 1. The van der Waals surface area contributed by atoms with E-state index in [2.05, 4.69) is 15.2 Å². The summed E-state index contributed by atoms with van der Waals surface area (Å²) < 4.78 is 5.01. The molecule has 0 saturated heterocycles. The van der Waals surface area contributed by atoms with E-state index in [9.17, 15) is 4.79 Å². The summed E-state index contributed by atoms with van der Waals surface area (Å²) in [5, 5.41) is 16.8. The third kappa shape index (κ3) is 2.27. The number of amidine groups is 2. The van der Waals surface area contributed by atoms with Crippen LogP contribution >= 0.6 is 0 Å². The van der Waals surface area contributed by atoms with E-state index >= 15 is 0 Å². The van der Waals surface area contributed by atoms with Crippen LogP contribution in [0.5, 0.6) is 0 Å². The summed E-state index contributed by atoms with van der Waals surface area (Å²) in [6.07, 6.45) is 1.48. The smallest absolute Gasteiger partial charge is 0.354 e. The van der Waals surface area contributed by atoms with Gasteiger partial charge in [-0.3, -0.25) is 0 Å². The van der Waals surface area contributed by atoms with Gasteiger partial charge in [-0.15, -0.1) is 0 Å². The van der Waals surface area contributed by atoms with Crippen molar-refractivity contribution in [3.63, 3.8) is 0 Å². The number of quaternary nitrogens is 1. The highest BCUT2D eigenvalue weighted by Crippen LogP contribution is 2.02. The van der Waals surface area contributed by atoms with Crippen molar-refractivity contribution < 1.29 is 19.5 Å². The van der Waals surface area contributed by atoms with Crippen molar-refractivity contribution in [1.29, 1.82) is 0 Å². The fourth-order valence-electron chi connectivity index (χ4n) is 1.61. The molecule has 1 atom stereocenters. The predicted octanol–water partition coefficient (Wildman–Crippen LogP) is -0.985. The summed E-state index contributed by atoms with van der Waals surface area (Å²) >= 11 is 0. The van der Waals surface area contributed by atoms with Crippen LogP contribution in [-0.4, -0.2) is 48.5 Å². The Morgan fingerprint density at radius 2 is 2.22 bits per heavy atom. The van der Waals surface area contributed by atoms with Crippen molar-refractivity contribution in [1.82, 2.24) is 4.98 Å². The summed E-state index contributed by atoms with van der Waals surface area (Å²) in [5.74, 6) is 0.424. The molecule has 0 aromatic carbocycles. The zero-order valence-corrected chi connectivity index (χ0v) is 10.0. The first-order valence-corrected chi connectivity index (χ1v) is 5.31. The zero-order valence-electron chi connectivity index (χ0n) is 10.0. The maximum absolute atomic E-state index is 10.7. The van der Waals surface area contributed by atoms with Crippen LogP contribution in [-0.2, 0) is 4.74 Å². The number of nitrogens with one attached hydrogen (secondary N) is 1. The number of nitrogens with zero attached hydrogens (tertiary/aromatic N) is 3. The van der Waals surface area contributed by atoms with Crippen molar-refractivity contribution in [2.45, 2.75) is 0 Å². The second-order valence-electron chi connectivity index (χ2n) is 3.79. The SMILES string of the molecule is COCC1=NN=C(c2ccc(C(=O)O)nc2)[NH+]1C. The Morgan fingerprint density at radius 1 is 1.44 bits per heavy atom. The zero-order chi connectivity index (χ0) is 13.1. The van der Waals surface area contributed by atoms with Gasteiger partial charge >= 0.3 is 5.97 Å². The molecule has 2 rings (SSSR count). The van der Waals surface area contributed by atoms with E-state index < -0.39 is 5.97 Å². The number of hydrogen-bond donors (Lipinski definition) is 2. The van der Waals surface area contributed by atoms with Crippen LogP contribution in [0, 0.1) is 0 Å². The first kappa shape index (κ1) is 12.3. The molecule has 2 N–H and O–H groups in total. The normalized spacial score (nSPS) is 18.4. The van der Waals surface area contributed by atoms with E-state index in [4.69, 9.17) is 9.84 Å². The van der Waals surface area contributed by atoms with E-state index in [0.717, 1.165) is 16.3 Å². The van der Waals surface area contributed by atoms with Crippen molar-refractivity contribution >= 4 is 17.6 Å². The summed E-state index contributed by atoms with van der Waals surface area (Å²) in [4.78, 5) is 15.5. The lowest BCUT2D eigenvalue weighted by atomic mass is 10.2. The number of aromatic nitrogens is 1. The number of pyridine rings is 1. The van der Waals surface area contributed by atoms with Crippen LogP contribution in [0.2, 0.25) is 0 Å². The molecular formula is C11H13N4O3+. The van der Waals surface area contributed by atoms with Gasteiger partial charge in [-0.05, 0) is 12.1 Å². The summed E-state index contributed by atoms with van der Waals surface area (Å²) in [5.41, 5.74) is 0.750. The van der Waals surface area contributed by atoms with Gasteiger partial charge in [0.2, 0.25) is 0 Å². The number of ether oxygens (including phenoxy) is 1. The van der Waals surface area contributed by atoms with Crippen molar-refractivity contribution in [3.8, 4) is 0 Å². The Labute approximate surface area is 103 Å². The fourth-order valence-corrected chi connectivity index (χ4v) is 1.61. The third-order valence-electron chi connectivity index (χ3n) is 2.60. The molecule has 1 aliphatic rings. The van der Waals surface area contributed by atoms with Crippen molar-refractivity contribution in [2.75, 3.05) is 20.8 Å². The molecule has 0 bridgehead atoms. The number of methoxy groups -OCH3 is 1. The monoisotopic (exact) mass is 249 g/mol. The van der Waals surface area contributed by atoms with Gasteiger partial charge in [0.25, 0.3) is 11.7 Å². The van der Waals surface area contributed by atoms with Crippen molar-refractivity contribution in [2.24, 2.45) is 10.2 Å². The summed E-state index contributed by atoms with van der Waals surface area (Å²) in [6, 6.07) is 3.12. The molecule has 0 aliphatic carbocycles. The average Bonchev–Trinajstić information content (AvgIpc) is 2.72. The minimum Gasteiger partial charge on any atom is -0.477 e. The second kappa shape index (κ2) is 5.03. The summed E-state index contributed by atoms with van der Waals surface area (Å²) in [6.45, 7) is 0.402. The van der Waals surface area contributed by atoms with Crippen LogP contribution in [0.3, 0.4) is 0 Å². The number of carboxylic acid groups (broad SMARTS) is 1. The standard InChI is InChI=1S/C11H12N4O3/c1-15-9(6-18-2)13-14-10(15)7-3-4-8(11(16)17)12-5-7/h3-5H,6H2,1-2H3,(H,16,17)/p+1. The minimum atomic E-state index is -1.05. The molecule has 94 valence electrons. The van der Waals surface area contributed by atoms with Crippen LogP contribution < -0.4 is 4.90 Å². The van der Waals surface area contributed by atoms with Gasteiger partial charge in [-0.2, -0.15) is 0 Å². The quantitative estimate of drug-likeness (QED) is 0.717. The van der Waals surface area contributed by atoms with Gasteiger partial charge in [-0.25, -0.2) is 14.7 Å². The molecule has 0 fully saturated rings. The molecular weight excluding hydrogens is 236 g/mol. The highest BCUT2D eigenvalue weighted by atomic mass is 16.5. The molecule has 1 aliphatic heterocycles. The van der Waals surface area contributed by atoms with Crippen LogP contribution in [0.1, 0.15) is 16.1 Å². The molecule has 7 heteroatoms. The number of likely N-dealkylation sites (N-methyl/N-ethyl adjacent to an activating group) is 1. The minimum absolute atomic E-state index is 0.00744. The molecule has 1 aromatic rings. The molecule has 2 heterocycles. The van der Waals surface area contributed by atoms with Gasteiger partial charge in [0.1, 0.15) is 12.3 Å². The van der Waals surface area contributed by atoms with Gasteiger partial charge in [0.15, 0.2) is 0 Å². The van der Waals surface area contributed by atoms with E-state index in [1.807, 2.05) is 7.05 Å². The first-order valence-electron chi connectivity index (χ1n) is 5.31. The van der Waals surface area contributed by atoms with Gasteiger partial charge in [-0.1, -0.05) is 10.2 Å². The largest absolute Gasteiger partial charge is 0.477 e. The molecule has 1 aromatic heterocycles. The Balaban J connectivity index is 2.17. The summed E-state index contributed by atoms with van der Waals surface area (Å²) in [7, 11) is 3.49. The number of rotatable bonds is 4. The van der Waals surface area contributed by atoms with E-state index in [1.165, 1.54) is 12.3 Å². The lowest BCUT2D eigenvalue weighted by molar-refractivity contribution is -0.673. The van der Waals surface area contributed by atoms with Gasteiger partial charge < -0.3 is 9.84 Å². The Bertz CT molecular complexity index is 522. The Kier molecular flexibility index (Phi) is 3.45. The highest BCUT2D eigenvalue weighted by Gasteiger charge is 2.27. The topological polar surface area (TPSA) is 88.6 Å². The predicted molar refractivity (Wildman–Crippen MR) is 63.9 cm³/mol. The molecule has 0 radical (unpaired) electrons. The molecule has 0 amide bonds. The molecule has 18 heavy (non-hydrogen) atoms. The van der Waals surface area contributed by atoms with E-state index in [-0.39, 0.29) is 5.69 Å². The average molecular weight is 249 g/mol. The molecule has 7 nitrogen and oxygen atoms in total. The number of hydrogen-bond acceptors (Lipinski definition) is 5. The van der Waals surface area contributed by atoms with Crippen LogP contribution in [0.15, 0.2) is 28.5 Å². The maximum atomic E-state index is 10.7. The van der Waals surface area contributed by atoms with Gasteiger partial charge in [0, 0.05) is 13.3 Å². The molecule has 1 unspecified atom stereocenters. The van der Waals surface area contributed by atoms with Crippen LogP contribution in [0.25, 0.3) is 0 Å². The third-order valence-corrected chi connectivity index (χ3v) is 2.60. The second-order valence-corrected chi connectivity index (χ2v) is 3.79. The lowest BCUT2D eigenvalue weighted by Gasteiger charge is -2.09. The molecule has 0 spiro atoms. The Hall–Kier alpha value is -2.12. The first-order chi connectivity index (χ1) is 8.63. The highest BCUT2D eigenvalue weighted by molar-refractivity contribution is 6.01. The maximum Gasteiger partial charge on any atom is 0.354 e. The molecule has 0 saturated carbocycles. The van der Waals surface area contributed by atoms with E-state index in [0.29, 0.717) is 12.4 Å². The Morgan fingerprint density at radius 3 is 2.78 bits per heavy atom. The van der Waals surface area contributed by atoms with E-state index in [1.54, 1.807) is 13.2 Å². The number of carbonyl (C=O) groups is 1. The van der Waals surface area contributed by atoms with Gasteiger partial charge in [0.05, 0.1) is 12.6 Å². The van der Waals surface area contributed by atoms with Crippen molar-refractivity contribution in [3.05, 3.63) is 29.6 Å². The number of carboxylic acids is 1. The lowest BCUT2D eigenvalue weighted by Crippen LogP contribution is -3.13.